The summed E-state index contributed by atoms with van der Waals surface area (Å²) in [6.07, 6.45) is 0. The Kier molecular flexibility index (Phi) is 5.40. The summed E-state index contributed by atoms with van der Waals surface area (Å²) < 4.78 is 9.08. The summed E-state index contributed by atoms with van der Waals surface area (Å²) in [6, 6.07) is 54.1. The Hall–Kier alpha value is -5.38. The molecule has 2 nitrogen and oxygen atoms in total. The number of thiophene rings is 1. The minimum atomic E-state index is 0.922. The van der Waals surface area contributed by atoms with E-state index in [1.807, 2.05) is 17.4 Å². The second-order valence-electron chi connectivity index (χ2n) is 10.9. The maximum absolute atomic E-state index is 6.49. The molecule has 0 unspecified atom stereocenters. The predicted octanol–water partition coefficient (Wildman–Crippen LogP) is 12.2. The van der Waals surface area contributed by atoms with Crippen molar-refractivity contribution in [1.29, 1.82) is 0 Å². The van der Waals surface area contributed by atoms with Crippen molar-refractivity contribution < 1.29 is 4.42 Å². The maximum atomic E-state index is 6.49. The smallest absolute Gasteiger partial charge is 0.143 e. The van der Waals surface area contributed by atoms with Crippen LogP contribution < -0.4 is 4.90 Å². The van der Waals surface area contributed by atoms with Crippen LogP contribution >= 0.6 is 11.3 Å². The molecule has 0 saturated carbocycles. The summed E-state index contributed by atoms with van der Waals surface area (Å²) in [6.45, 7) is 0. The molecule has 7 aromatic carbocycles. The summed E-state index contributed by atoms with van der Waals surface area (Å²) in [5, 5.41) is 7.37. The highest BCUT2D eigenvalue weighted by atomic mass is 32.1. The molecular formula is C40H25NOS. The van der Waals surface area contributed by atoms with Gasteiger partial charge < -0.3 is 9.32 Å². The second-order valence-corrected chi connectivity index (χ2v) is 12.0. The number of nitrogens with zero attached hydrogens (tertiary/aromatic N) is 1. The van der Waals surface area contributed by atoms with Crippen molar-refractivity contribution in [3.63, 3.8) is 0 Å². The summed E-state index contributed by atoms with van der Waals surface area (Å²) in [4.78, 5) is 2.33. The molecule has 0 aliphatic rings. The van der Waals surface area contributed by atoms with E-state index in [0.717, 1.165) is 44.6 Å². The zero-order valence-corrected chi connectivity index (χ0v) is 24.0. The van der Waals surface area contributed by atoms with Gasteiger partial charge in [-0.2, -0.15) is 0 Å². The molecule has 0 fully saturated rings. The average molecular weight is 568 g/mol. The number of benzene rings is 7. The van der Waals surface area contributed by atoms with E-state index in [1.54, 1.807) is 0 Å². The molecule has 0 aliphatic carbocycles. The normalized spacial score (nSPS) is 11.7. The summed E-state index contributed by atoms with van der Waals surface area (Å²) in [7, 11) is 0. The van der Waals surface area contributed by atoms with Crippen LogP contribution in [0.4, 0.5) is 17.1 Å². The van der Waals surface area contributed by atoms with Crippen molar-refractivity contribution in [2.75, 3.05) is 4.90 Å². The van der Waals surface area contributed by atoms with E-state index in [9.17, 15) is 0 Å². The van der Waals surface area contributed by atoms with Crippen molar-refractivity contribution in [2.24, 2.45) is 0 Å². The van der Waals surface area contributed by atoms with E-state index in [4.69, 9.17) is 4.42 Å². The minimum Gasteiger partial charge on any atom is -0.455 e. The number of hydrogen-bond acceptors (Lipinski definition) is 3. The third-order valence-corrected chi connectivity index (χ3v) is 9.65. The third kappa shape index (κ3) is 3.79. The third-order valence-electron chi connectivity index (χ3n) is 8.44. The standard InChI is InChI=1S/C40H25NOS/c1-3-12-26(13-4-1)41(27-14-5-2-6-15-27)28-22-23-31-36-25-35(29-16-7-8-18-34(29)40(36)43-38(31)24-28)33-20-11-19-32-30-17-9-10-21-37(30)42-39(32)33/h1-25H. The van der Waals surface area contributed by atoms with Gasteiger partial charge in [0.15, 0.2) is 0 Å². The fourth-order valence-corrected chi connectivity index (χ4v) is 7.76. The summed E-state index contributed by atoms with van der Waals surface area (Å²) >= 11 is 1.87. The van der Waals surface area contributed by atoms with Gasteiger partial charge in [-0.25, -0.2) is 0 Å². The maximum Gasteiger partial charge on any atom is 0.143 e. The summed E-state index contributed by atoms with van der Waals surface area (Å²) in [5.41, 5.74) is 7.62. The Labute approximate surface area is 252 Å². The van der Waals surface area contributed by atoms with Crippen LogP contribution in [0.2, 0.25) is 0 Å². The van der Waals surface area contributed by atoms with Crippen molar-refractivity contribution in [1.82, 2.24) is 0 Å². The molecule has 9 aromatic rings. The zero-order valence-electron chi connectivity index (χ0n) is 23.2. The number of anilines is 3. The van der Waals surface area contributed by atoms with E-state index in [0.29, 0.717) is 0 Å². The number of rotatable bonds is 4. The van der Waals surface area contributed by atoms with Crippen LogP contribution in [0.5, 0.6) is 0 Å². The van der Waals surface area contributed by atoms with Crippen molar-refractivity contribution in [3.8, 4) is 11.1 Å². The van der Waals surface area contributed by atoms with Gasteiger partial charge in [-0.15, -0.1) is 11.3 Å². The molecule has 0 bridgehead atoms. The van der Waals surface area contributed by atoms with E-state index in [-0.39, 0.29) is 0 Å². The van der Waals surface area contributed by atoms with Crippen molar-refractivity contribution in [2.45, 2.75) is 0 Å². The molecule has 0 saturated heterocycles. The molecule has 0 amide bonds. The lowest BCUT2D eigenvalue weighted by molar-refractivity contribution is 0.670. The fourth-order valence-electron chi connectivity index (χ4n) is 6.51. The topological polar surface area (TPSA) is 16.4 Å². The average Bonchev–Trinajstić information content (AvgIpc) is 3.64. The predicted molar refractivity (Wildman–Crippen MR) is 184 cm³/mol. The monoisotopic (exact) mass is 567 g/mol. The Morgan fingerprint density at radius 1 is 0.419 bits per heavy atom. The number of para-hydroxylation sites is 4. The fraction of sp³-hybridized carbons (Fsp3) is 0. The van der Waals surface area contributed by atoms with Crippen LogP contribution in [0.1, 0.15) is 0 Å². The van der Waals surface area contributed by atoms with Gasteiger partial charge in [-0.05, 0) is 59.5 Å². The first kappa shape index (κ1) is 24.2. The largest absolute Gasteiger partial charge is 0.455 e. The molecule has 3 heteroatoms. The van der Waals surface area contributed by atoms with Gasteiger partial charge in [0.25, 0.3) is 0 Å². The van der Waals surface area contributed by atoms with Gasteiger partial charge in [-0.1, -0.05) is 103 Å². The summed E-state index contributed by atoms with van der Waals surface area (Å²) in [5.74, 6) is 0. The van der Waals surface area contributed by atoms with Crippen molar-refractivity contribution in [3.05, 3.63) is 152 Å². The van der Waals surface area contributed by atoms with Gasteiger partial charge in [0.1, 0.15) is 11.2 Å². The molecule has 0 N–H and O–H groups in total. The molecule has 0 aliphatic heterocycles. The lowest BCUT2D eigenvalue weighted by Crippen LogP contribution is -2.09. The Bertz CT molecular complexity index is 2420. The molecule has 2 aromatic heterocycles. The van der Waals surface area contributed by atoms with E-state index < -0.39 is 0 Å². The first-order chi connectivity index (χ1) is 21.3. The highest BCUT2D eigenvalue weighted by Crippen LogP contribution is 2.46. The van der Waals surface area contributed by atoms with Crippen LogP contribution in [0.25, 0.3) is 64.0 Å². The molecular weight excluding hydrogens is 543 g/mol. The lowest BCUT2D eigenvalue weighted by Gasteiger charge is -2.25. The molecule has 2 heterocycles. The molecule has 0 spiro atoms. The van der Waals surface area contributed by atoms with E-state index >= 15 is 0 Å². The number of hydrogen-bond donors (Lipinski definition) is 0. The van der Waals surface area contributed by atoms with Gasteiger partial charge >= 0.3 is 0 Å². The second kappa shape index (κ2) is 9.59. The first-order valence-electron chi connectivity index (χ1n) is 14.5. The van der Waals surface area contributed by atoms with Crippen LogP contribution in [0.15, 0.2) is 156 Å². The SMILES string of the molecule is c1ccc(N(c2ccccc2)c2ccc3c(c2)sc2c4ccccc4c(-c4cccc5c4oc4ccccc45)cc32)cc1. The van der Waals surface area contributed by atoms with Crippen LogP contribution in [0.3, 0.4) is 0 Å². The zero-order chi connectivity index (χ0) is 28.3. The van der Waals surface area contributed by atoms with Crippen LogP contribution in [0, 0.1) is 0 Å². The van der Waals surface area contributed by atoms with Crippen LogP contribution in [-0.2, 0) is 0 Å². The highest BCUT2D eigenvalue weighted by Gasteiger charge is 2.19. The quantitative estimate of drug-likeness (QED) is 0.210. The van der Waals surface area contributed by atoms with Gasteiger partial charge in [-0.3, -0.25) is 0 Å². The molecule has 202 valence electrons. The van der Waals surface area contributed by atoms with E-state index in [2.05, 4.69) is 150 Å². The van der Waals surface area contributed by atoms with Gasteiger partial charge in [0.05, 0.1) is 0 Å². The number of furan rings is 1. The van der Waals surface area contributed by atoms with Crippen LogP contribution in [-0.4, -0.2) is 0 Å². The van der Waals surface area contributed by atoms with Crippen molar-refractivity contribution >= 4 is 81.3 Å². The van der Waals surface area contributed by atoms with E-state index in [1.165, 1.54) is 36.5 Å². The molecule has 9 rings (SSSR count). The Balaban J connectivity index is 1.29. The molecule has 0 radical (unpaired) electrons. The Morgan fingerprint density at radius 3 is 1.84 bits per heavy atom. The first-order valence-corrected chi connectivity index (χ1v) is 15.3. The molecule has 0 atom stereocenters. The number of fused-ring (bicyclic) bond motifs is 8. The lowest BCUT2D eigenvalue weighted by atomic mass is 9.94. The highest BCUT2D eigenvalue weighted by molar-refractivity contribution is 7.26. The minimum absolute atomic E-state index is 0.922. The van der Waals surface area contributed by atoms with Gasteiger partial charge in [0, 0.05) is 59.0 Å². The van der Waals surface area contributed by atoms with Gasteiger partial charge in [0.2, 0.25) is 0 Å². The Morgan fingerprint density at radius 2 is 1.07 bits per heavy atom. The molecule has 43 heavy (non-hydrogen) atoms.